The Labute approximate surface area is 146 Å². The molecule has 0 aromatic carbocycles. The fourth-order valence-corrected chi connectivity index (χ4v) is 2.29. The highest BCUT2D eigenvalue weighted by Crippen LogP contribution is 2.29. The molecule has 2 aromatic rings. The van der Waals surface area contributed by atoms with Crippen LogP contribution in [0.1, 0.15) is 19.0 Å². The van der Waals surface area contributed by atoms with E-state index in [1.54, 1.807) is 6.92 Å². The van der Waals surface area contributed by atoms with Gasteiger partial charge >= 0.3 is 0 Å². The lowest BCUT2D eigenvalue weighted by atomic mass is 10.3. The van der Waals surface area contributed by atoms with Crippen LogP contribution in [0.4, 0.5) is 14.6 Å². The molecular formula is C13H11Cl3F2N4O. The molecule has 1 atom stereocenters. The highest BCUT2D eigenvalue weighted by Gasteiger charge is 2.18. The Kier molecular flexibility index (Phi) is 6.15. The summed E-state index contributed by atoms with van der Waals surface area (Å²) in [6.07, 6.45) is -0.368. The number of nitrogens with zero attached hydrogens (tertiary/aromatic N) is 3. The van der Waals surface area contributed by atoms with Gasteiger partial charge in [-0.15, -0.1) is 0 Å². The van der Waals surface area contributed by atoms with E-state index in [0.717, 1.165) is 6.33 Å². The van der Waals surface area contributed by atoms with Gasteiger partial charge in [0.15, 0.2) is 0 Å². The number of halogens is 5. The molecule has 0 amide bonds. The molecule has 2 rings (SSSR count). The maximum absolute atomic E-state index is 12.7. The van der Waals surface area contributed by atoms with Crippen LogP contribution in [-0.2, 0) is 0 Å². The Balaban J connectivity index is 2.00. The van der Waals surface area contributed by atoms with Gasteiger partial charge in [-0.2, -0.15) is 0 Å². The average molecular weight is 384 g/mol. The second-order valence-corrected chi connectivity index (χ2v) is 5.74. The van der Waals surface area contributed by atoms with E-state index in [1.807, 2.05) is 0 Å². The number of alkyl halides is 2. The number of ether oxygens (including phenoxy) is 1. The van der Waals surface area contributed by atoms with Gasteiger partial charge in [-0.3, -0.25) is 0 Å². The van der Waals surface area contributed by atoms with Crippen molar-refractivity contribution >= 4 is 40.6 Å². The highest BCUT2D eigenvalue weighted by molar-refractivity contribution is 6.35. The lowest BCUT2D eigenvalue weighted by Gasteiger charge is -2.17. The Hall–Kier alpha value is -1.44. The number of rotatable bonds is 6. The summed E-state index contributed by atoms with van der Waals surface area (Å²) < 4.78 is 30.9. The van der Waals surface area contributed by atoms with Gasteiger partial charge in [0.25, 0.3) is 6.43 Å². The lowest BCUT2D eigenvalue weighted by Crippen LogP contribution is -2.24. The second kappa shape index (κ2) is 7.90. The third-order valence-electron chi connectivity index (χ3n) is 2.65. The standard InChI is InChI=1S/C13H11Cl3F2N4O/c1-6(4-23-13-8(15)2-7(14)3-19-13)22-12-9(16)10(11(17)18)20-5-21-12/h2-3,5-6,11H,4H2,1H3,(H,20,21,22)/t6-/m0/s1. The van der Waals surface area contributed by atoms with E-state index in [4.69, 9.17) is 39.5 Å². The minimum Gasteiger partial charge on any atom is -0.474 e. The van der Waals surface area contributed by atoms with E-state index >= 15 is 0 Å². The van der Waals surface area contributed by atoms with Crippen LogP contribution in [0.2, 0.25) is 15.1 Å². The molecule has 0 fully saturated rings. The van der Waals surface area contributed by atoms with Gasteiger partial charge in [0.1, 0.15) is 34.5 Å². The predicted octanol–water partition coefficient (Wildman–Crippen LogP) is 4.65. The topological polar surface area (TPSA) is 59.9 Å². The molecule has 5 nitrogen and oxygen atoms in total. The van der Waals surface area contributed by atoms with Gasteiger partial charge in [0.05, 0.1) is 11.1 Å². The van der Waals surface area contributed by atoms with Crippen molar-refractivity contribution in [3.63, 3.8) is 0 Å². The van der Waals surface area contributed by atoms with Crippen LogP contribution >= 0.6 is 34.8 Å². The molecule has 1 N–H and O–H groups in total. The molecule has 0 aliphatic carbocycles. The first kappa shape index (κ1) is 17.9. The summed E-state index contributed by atoms with van der Waals surface area (Å²) in [5.41, 5.74) is -0.528. The third kappa shape index (κ3) is 4.76. The van der Waals surface area contributed by atoms with Gasteiger partial charge in [-0.25, -0.2) is 23.7 Å². The molecule has 0 bridgehead atoms. The van der Waals surface area contributed by atoms with Crippen LogP contribution in [0.5, 0.6) is 5.88 Å². The molecule has 124 valence electrons. The molecule has 0 spiro atoms. The monoisotopic (exact) mass is 382 g/mol. The predicted molar refractivity (Wildman–Crippen MR) is 84.8 cm³/mol. The molecule has 0 aliphatic rings. The van der Waals surface area contributed by atoms with Crippen LogP contribution in [0.3, 0.4) is 0 Å². The summed E-state index contributed by atoms with van der Waals surface area (Å²) in [7, 11) is 0. The van der Waals surface area contributed by atoms with Gasteiger partial charge in [0, 0.05) is 6.20 Å². The molecule has 10 heteroatoms. The minimum atomic E-state index is -2.78. The lowest BCUT2D eigenvalue weighted by molar-refractivity contribution is 0.146. The van der Waals surface area contributed by atoms with Gasteiger partial charge in [-0.05, 0) is 13.0 Å². The molecule has 0 unspecified atom stereocenters. The second-order valence-electron chi connectivity index (χ2n) is 4.52. The van der Waals surface area contributed by atoms with Crippen LogP contribution < -0.4 is 10.1 Å². The fraction of sp³-hybridized carbons (Fsp3) is 0.308. The maximum atomic E-state index is 12.7. The van der Waals surface area contributed by atoms with E-state index < -0.39 is 12.1 Å². The molecule has 2 heterocycles. The van der Waals surface area contributed by atoms with Crippen molar-refractivity contribution in [1.82, 2.24) is 15.0 Å². The van der Waals surface area contributed by atoms with Crippen molar-refractivity contribution in [3.8, 4) is 5.88 Å². The van der Waals surface area contributed by atoms with Crippen LogP contribution in [0.25, 0.3) is 0 Å². The number of aromatic nitrogens is 3. The minimum absolute atomic E-state index is 0.100. The van der Waals surface area contributed by atoms with Crippen molar-refractivity contribution in [2.45, 2.75) is 19.4 Å². The maximum Gasteiger partial charge on any atom is 0.282 e. The van der Waals surface area contributed by atoms with E-state index in [9.17, 15) is 8.78 Å². The molecule has 0 aliphatic heterocycles. The first-order chi connectivity index (χ1) is 10.9. The SMILES string of the molecule is C[C@@H](COc1ncc(Cl)cc1Cl)Nc1ncnc(C(F)F)c1Cl. The van der Waals surface area contributed by atoms with Gasteiger partial charge in [-0.1, -0.05) is 34.8 Å². The zero-order valence-electron chi connectivity index (χ0n) is 11.7. The normalized spacial score (nSPS) is 12.3. The van der Waals surface area contributed by atoms with E-state index in [-0.39, 0.29) is 34.4 Å². The molecule has 2 aromatic heterocycles. The quantitative estimate of drug-likeness (QED) is 0.787. The molecule has 0 saturated carbocycles. The van der Waals surface area contributed by atoms with Crippen molar-refractivity contribution < 1.29 is 13.5 Å². The first-order valence-corrected chi connectivity index (χ1v) is 7.50. The molecule has 0 saturated heterocycles. The van der Waals surface area contributed by atoms with Crippen molar-refractivity contribution in [1.29, 1.82) is 0 Å². The summed E-state index contributed by atoms with van der Waals surface area (Å²) in [6.45, 7) is 1.91. The Morgan fingerprint density at radius 3 is 2.61 bits per heavy atom. The summed E-state index contributed by atoms with van der Waals surface area (Å²) in [4.78, 5) is 11.2. The molecule has 23 heavy (non-hydrogen) atoms. The van der Waals surface area contributed by atoms with Crippen LogP contribution in [0.15, 0.2) is 18.6 Å². The summed E-state index contributed by atoms with van der Waals surface area (Å²) in [6, 6.07) is 1.20. The van der Waals surface area contributed by atoms with Gasteiger partial charge < -0.3 is 10.1 Å². The Morgan fingerprint density at radius 2 is 1.96 bits per heavy atom. The largest absolute Gasteiger partial charge is 0.474 e. The van der Waals surface area contributed by atoms with Crippen molar-refractivity contribution in [2.75, 3.05) is 11.9 Å². The number of pyridine rings is 1. The smallest absolute Gasteiger partial charge is 0.282 e. The summed E-state index contributed by atoms with van der Waals surface area (Å²) in [5, 5.41) is 3.30. The number of hydrogen-bond acceptors (Lipinski definition) is 5. The number of nitrogens with one attached hydrogen (secondary N) is 1. The molecular weight excluding hydrogens is 373 g/mol. The fourth-order valence-electron chi connectivity index (χ4n) is 1.62. The van der Waals surface area contributed by atoms with E-state index in [0.29, 0.717) is 5.02 Å². The van der Waals surface area contributed by atoms with Crippen LogP contribution in [0, 0.1) is 0 Å². The zero-order valence-corrected chi connectivity index (χ0v) is 14.0. The first-order valence-electron chi connectivity index (χ1n) is 6.37. The summed E-state index contributed by atoms with van der Waals surface area (Å²) in [5.74, 6) is 0.315. The van der Waals surface area contributed by atoms with Gasteiger partial charge in [0.2, 0.25) is 5.88 Å². The molecule has 0 radical (unpaired) electrons. The number of hydrogen-bond donors (Lipinski definition) is 1. The zero-order chi connectivity index (χ0) is 17.0. The van der Waals surface area contributed by atoms with Crippen molar-refractivity contribution in [3.05, 3.63) is 39.4 Å². The average Bonchev–Trinajstić information content (AvgIpc) is 2.48. The van der Waals surface area contributed by atoms with E-state index in [1.165, 1.54) is 12.3 Å². The number of anilines is 1. The summed E-state index contributed by atoms with van der Waals surface area (Å²) >= 11 is 17.5. The third-order valence-corrected chi connectivity index (χ3v) is 3.50. The van der Waals surface area contributed by atoms with Crippen molar-refractivity contribution in [2.24, 2.45) is 0 Å². The van der Waals surface area contributed by atoms with E-state index in [2.05, 4.69) is 20.3 Å². The Bertz CT molecular complexity index is 690. The highest BCUT2D eigenvalue weighted by atomic mass is 35.5. The van der Waals surface area contributed by atoms with Crippen LogP contribution in [-0.4, -0.2) is 27.6 Å². The Morgan fingerprint density at radius 1 is 1.22 bits per heavy atom.